The second kappa shape index (κ2) is 4.96. The molecule has 3 nitrogen and oxygen atoms in total. The second-order valence-electron chi connectivity index (χ2n) is 4.70. The predicted molar refractivity (Wildman–Crippen MR) is 70.2 cm³/mol. The number of nitrogens with two attached hydrogens (primary N) is 1. The number of hydrogen-bond acceptors (Lipinski definition) is 2. The van der Waals surface area contributed by atoms with Crippen molar-refractivity contribution in [1.29, 1.82) is 0 Å². The lowest BCUT2D eigenvalue weighted by molar-refractivity contribution is 0.0684. The van der Waals surface area contributed by atoms with Gasteiger partial charge in [0.25, 0.3) is 5.91 Å². The quantitative estimate of drug-likeness (QED) is 0.782. The molecule has 0 aromatic heterocycles. The molecule has 0 saturated carbocycles. The smallest absolute Gasteiger partial charge is 0.257 e. The second-order valence-corrected chi connectivity index (χ2v) is 5.11. The van der Waals surface area contributed by atoms with Crippen molar-refractivity contribution in [3.05, 3.63) is 28.8 Å². The van der Waals surface area contributed by atoms with Crippen molar-refractivity contribution in [1.82, 2.24) is 4.90 Å². The van der Waals surface area contributed by atoms with Crippen LogP contribution in [-0.4, -0.2) is 23.9 Å². The maximum absolute atomic E-state index is 12.3. The van der Waals surface area contributed by atoms with Crippen molar-refractivity contribution in [2.75, 3.05) is 18.8 Å². The molecule has 1 unspecified atom stereocenters. The summed E-state index contributed by atoms with van der Waals surface area (Å²) in [4.78, 5) is 14.2. The molecular weight excluding hydrogens is 236 g/mol. The maximum atomic E-state index is 12.3. The summed E-state index contributed by atoms with van der Waals surface area (Å²) in [5, 5.41) is 0.438. The van der Waals surface area contributed by atoms with Crippen LogP contribution >= 0.6 is 11.6 Å². The van der Waals surface area contributed by atoms with Crippen molar-refractivity contribution in [3.8, 4) is 0 Å². The van der Waals surface area contributed by atoms with Crippen LogP contribution in [0.5, 0.6) is 0 Å². The van der Waals surface area contributed by atoms with Gasteiger partial charge >= 0.3 is 0 Å². The standard InChI is InChI=1S/C13H17ClN2O/c1-9-4-3-7-16(8-9)13(17)12-10(14)5-2-6-11(12)15/h2,5-6,9H,3-4,7-8,15H2,1H3. The van der Waals surface area contributed by atoms with Gasteiger partial charge in [0, 0.05) is 18.8 Å². The third kappa shape index (κ3) is 2.55. The Labute approximate surface area is 107 Å². The molecule has 1 saturated heterocycles. The zero-order valence-electron chi connectivity index (χ0n) is 9.95. The third-order valence-corrected chi connectivity index (χ3v) is 3.52. The summed E-state index contributed by atoms with van der Waals surface area (Å²) in [6.07, 6.45) is 2.24. The van der Waals surface area contributed by atoms with Crippen molar-refractivity contribution < 1.29 is 4.79 Å². The molecular formula is C13H17ClN2O. The highest BCUT2D eigenvalue weighted by molar-refractivity contribution is 6.34. The van der Waals surface area contributed by atoms with Crippen molar-refractivity contribution in [3.63, 3.8) is 0 Å². The van der Waals surface area contributed by atoms with Crippen LogP contribution in [0, 0.1) is 5.92 Å². The molecule has 1 heterocycles. The molecule has 4 heteroatoms. The number of nitrogens with zero attached hydrogens (tertiary/aromatic N) is 1. The van der Waals surface area contributed by atoms with E-state index in [0.717, 1.165) is 19.5 Å². The molecule has 1 aromatic carbocycles. The first-order valence-electron chi connectivity index (χ1n) is 5.93. The van der Waals surface area contributed by atoms with E-state index in [4.69, 9.17) is 17.3 Å². The molecule has 2 rings (SSSR count). The van der Waals surface area contributed by atoms with Crippen LogP contribution in [0.2, 0.25) is 5.02 Å². The van der Waals surface area contributed by atoms with Gasteiger partial charge in [0.05, 0.1) is 10.6 Å². The number of piperidine rings is 1. The summed E-state index contributed by atoms with van der Waals surface area (Å²) >= 11 is 6.05. The van der Waals surface area contributed by atoms with Gasteiger partial charge in [-0.1, -0.05) is 24.6 Å². The number of carbonyl (C=O) groups is 1. The van der Waals surface area contributed by atoms with E-state index in [0.29, 0.717) is 22.2 Å². The number of carbonyl (C=O) groups excluding carboxylic acids is 1. The molecule has 0 aliphatic carbocycles. The number of benzene rings is 1. The number of nitrogen functional groups attached to an aromatic ring is 1. The highest BCUT2D eigenvalue weighted by Crippen LogP contribution is 2.26. The first kappa shape index (κ1) is 12.2. The fraction of sp³-hybridized carbons (Fsp3) is 0.462. The van der Waals surface area contributed by atoms with Gasteiger partial charge in [-0.05, 0) is 30.9 Å². The van der Waals surface area contributed by atoms with E-state index < -0.39 is 0 Å². The Morgan fingerprint density at radius 1 is 1.53 bits per heavy atom. The molecule has 1 aliphatic heterocycles. The molecule has 1 fully saturated rings. The summed E-state index contributed by atoms with van der Waals surface area (Å²) < 4.78 is 0. The van der Waals surface area contributed by atoms with Gasteiger partial charge in [0.2, 0.25) is 0 Å². The third-order valence-electron chi connectivity index (χ3n) is 3.20. The zero-order valence-corrected chi connectivity index (χ0v) is 10.7. The SMILES string of the molecule is CC1CCCN(C(=O)c2c(N)cccc2Cl)C1. The van der Waals surface area contributed by atoms with E-state index in [1.165, 1.54) is 6.42 Å². The summed E-state index contributed by atoms with van der Waals surface area (Å²) in [7, 11) is 0. The minimum atomic E-state index is -0.0420. The largest absolute Gasteiger partial charge is 0.398 e. The Morgan fingerprint density at radius 2 is 2.29 bits per heavy atom. The number of likely N-dealkylation sites (tertiary alicyclic amines) is 1. The lowest BCUT2D eigenvalue weighted by atomic mass is 9.99. The van der Waals surface area contributed by atoms with Crippen LogP contribution in [0.4, 0.5) is 5.69 Å². The minimum Gasteiger partial charge on any atom is -0.398 e. The first-order valence-corrected chi connectivity index (χ1v) is 6.30. The van der Waals surface area contributed by atoms with Gasteiger partial charge in [-0.3, -0.25) is 4.79 Å². The molecule has 0 bridgehead atoms. The van der Waals surface area contributed by atoms with Gasteiger partial charge in [-0.25, -0.2) is 0 Å². The van der Waals surface area contributed by atoms with Crippen molar-refractivity contribution in [2.24, 2.45) is 5.92 Å². The predicted octanol–water partition coefficient (Wildman–Crippen LogP) is 2.79. The average molecular weight is 253 g/mol. The van der Waals surface area contributed by atoms with E-state index >= 15 is 0 Å². The highest BCUT2D eigenvalue weighted by Gasteiger charge is 2.24. The van der Waals surface area contributed by atoms with Gasteiger partial charge in [0.1, 0.15) is 0 Å². The van der Waals surface area contributed by atoms with Crippen molar-refractivity contribution >= 4 is 23.2 Å². The molecule has 1 aromatic rings. The minimum absolute atomic E-state index is 0.0420. The molecule has 0 spiro atoms. The number of hydrogen-bond donors (Lipinski definition) is 1. The fourth-order valence-electron chi connectivity index (χ4n) is 2.30. The molecule has 0 radical (unpaired) electrons. The number of anilines is 1. The van der Waals surface area contributed by atoms with Crippen LogP contribution in [0.15, 0.2) is 18.2 Å². The lowest BCUT2D eigenvalue weighted by Crippen LogP contribution is -2.39. The normalized spacial score (nSPS) is 20.4. The molecule has 2 N–H and O–H groups in total. The van der Waals surface area contributed by atoms with E-state index in [-0.39, 0.29) is 5.91 Å². The Morgan fingerprint density at radius 3 is 2.94 bits per heavy atom. The van der Waals surface area contributed by atoms with E-state index in [1.807, 2.05) is 4.90 Å². The molecule has 17 heavy (non-hydrogen) atoms. The highest BCUT2D eigenvalue weighted by atomic mass is 35.5. The number of halogens is 1. The Balaban J connectivity index is 2.24. The number of amides is 1. The first-order chi connectivity index (χ1) is 8.09. The van der Waals surface area contributed by atoms with E-state index in [1.54, 1.807) is 18.2 Å². The van der Waals surface area contributed by atoms with Gasteiger partial charge in [0.15, 0.2) is 0 Å². The van der Waals surface area contributed by atoms with Crippen LogP contribution in [0.25, 0.3) is 0 Å². The van der Waals surface area contributed by atoms with Crippen molar-refractivity contribution in [2.45, 2.75) is 19.8 Å². The summed E-state index contributed by atoms with van der Waals surface area (Å²) in [5.74, 6) is 0.510. The number of rotatable bonds is 1. The molecule has 92 valence electrons. The molecule has 1 amide bonds. The van der Waals surface area contributed by atoms with E-state index in [9.17, 15) is 4.79 Å². The molecule has 1 aliphatic rings. The molecule has 1 atom stereocenters. The fourth-order valence-corrected chi connectivity index (χ4v) is 2.56. The monoisotopic (exact) mass is 252 g/mol. The Bertz CT molecular complexity index is 413. The zero-order chi connectivity index (χ0) is 12.4. The van der Waals surface area contributed by atoms with Crippen LogP contribution in [-0.2, 0) is 0 Å². The van der Waals surface area contributed by atoms with Crippen LogP contribution < -0.4 is 5.73 Å². The van der Waals surface area contributed by atoms with Gasteiger partial charge in [-0.2, -0.15) is 0 Å². The Hall–Kier alpha value is -1.22. The van der Waals surface area contributed by atoms with E-state index in [2.05, 4.69) is 6.92 Å². The van der Waals surface area contributed by atoms with Gasteiger partial charge < -0.3 is 10.6 Å². The maximum Gasteiger partial charge on any atom is 0.257 e. The summed E-state index contributed by atoms with van der Waals surface area (Å²) in [6, 6.07) is 5.18. The lowest BCUT2D eigenvalue weighted by Gasteiger charge is -2.31. The average Bonchev–Trinajstić information content (AvgIpc) is 2.28. The summed E-state index contributed by atoms with van der Waals surface area (Å²) in [6.45, 7) is 3.76. The summed E-state index contributed by atoms with van der Waals surface area (Å²) in [5.41, 5.74) is 6.74. The van der Waals surface area contributed by atoms with Gasteiger partial charge in [-0.15, -0.1) is 0 Å². The topological polar surface area (TPSA) is 46.3 Å². The Kier molecular flexibility index (Phi) is 3.57. The van der Waals surface area contributed by atoms with Crippen LogP contribution in [0.3, 0.4) is 0 Å². The van der Waals surface area contributed by atoms with Crippen LogP contribution in [0.1, 0.15) is 30.1 Å².